The van der Waals surface area contributed by atoms with Crippen molar-refractivity contribution >= 4 is 77.0 Å². The maximum Gasteiger partial charge on any atom is 0.191 e. The van der Waals surface area contributed by atoms with Crippen LogP contribution in [0.1, 0.15) is 95.7 Å². The van der Waals surface area contributed by atoms with Gasteiger partial charge < -0.3 is 30.2 Å². The van der Waals surface area contributed by atoms with Gasteiger partial charge in [0.25, 0.3) is 0 Å². The minimum Gasteiger partial charge on any atom is -0.390 e. The van der Waals surface area contributed by atoms with Crippen LogP contribution < -0.4 is 20.0 Å². The Bertz CT molecular complexity index is 3670. The van der Waals surface area contributed by atoms with Gasteiger partial charge in [-0.1, -0.05) is 38.6 Å². The van der Waals surface area contributed by atoms with E-state index in [4.69, 9.17) is 25.3 Å². The summed E-state index contributed by atoms with van der Waals surface area (Å²) in [6, 6.07) is 26.6. The molecule has 4 saturated heterocycles. The maximum absolute atomic E-state index is 13.6. The highest BCUT2D eigenvalue weighted by Crippen LogP contribution is 2.50. The molecule has 6 aliphatic rings. The number of aliphatic hydroxyl groups is 2. The van der Waals surface area contributed by atoms with Crippen molar-refractivity contribution in [2.24, 2.45) is 0 Å². The van der Waals surface area contributed by atoms with Crippen molar-refractivity contribution in [1.29, 1.82) is 10.5 Å². The predicted molar refractivity (Wildman–Crippen MR) is 318 cm³/mol. The Morgan fingerprint density at radius 1 is 0.617 bits per heavy atom. The summed E-state index contributed by atoms with van der Waals surface area (Å²) in [6.45, 7) is 11.8. The SMILES string of the molecule is Cc1cc(Br)cc2c(N(C)c3nc(-c4ccc(F)cc4)c(C#N)s3)c(C3CC3)nn12.Cc1cc(N2CCC(N3CC(O)C3)CC2)cc2c(N(C)c3nc(-c4ccc(F)cc4)c(C#N)s3)c(C3CC3)nn12.OC1CN(C2CCNCC2)C1. The lowest BCUT2D eigenvalue weighted by atomic mass is 9.98. The van der Waals surface area contributed by atoms with E-state index >= 15 is 0 Å². The Labute approximate surface area is 486 Å². The van der Waals surface area contributed by atoms with E-state index < -0.39 is 0 Å². The summed E-state index contributed by atoms with van der Waals surface area (Å²) in [5.74, 6) is 0.249. The molecule has 6 fully saturated rings. The van der Waals surface area contributed by atoms with Crippen molar-refractivity contribution in [3.63, 3.8) is 0 Å². The number of benzene rings is 2. The number of piperidine rings is 2. The first kappa shape index (κ1) is 55.2. The molecule has 16 nitrogen and oxygen atoms in total. The summed E-state index contributed by atoms with van der Waals surface area (Å²) in [6.07, 6.45) is 9.02. The zero-order valence-corrected chi connectivity index (χ0v) is 49.1. The third-order valence-corrected chi connectivity index (χ3v) is 19.1. The number of halogens is 3. The molecule has 0 unspecified atom stereocenters. The largest absolute Gasteiger partial charge is 0.390 e. The fourth-order valence-corrected chi connectivity index (χ4v) is 14.0. The highest BCUT2D eigenvalue weighted by Gasteiger charge is 2.37. The van der Waals surface area contributed by atoms with Crippen LogP contribution in [0.5, 0.6) is 0 Å². The second kappa shape index (κ2) is 23.1. The molecule has 81 heavy (non-hydrogen) atoms. The smallest absolute Gasteiger partial charge is 0.191 e. The number of thiazole rings is 2. The van der Waals surface area contributed by atoms with Crippen LogP contribution in [0.15, 0.2) is 77.3 Å². The lowest BCUT2D eigenvalue weighted by Crippen LogP contribution is -2.57. The van der Waals surface area contributed by atoms with Gasteiger partial charge in [-0.2, -0.15) is 20.7 Å². The third-order valence-electron chi connectivity index (χ3n) is 16.6. The van der Waals surface area contributed by atoms with Gasteiger partial charge in [-0.3, -0.25) is 9.80 Å². The molecule has 8 aromatic rings. The second-order valence-electron chi connectivity index (χ2n) is 22.4. The van der Waals surface area contributed by atoms with Gasteiger partial charge in [0.05, 0.1) is 46.0 Å². The fraction of sp³-hybridized carbons (Fsp3) is 0.433. The van der Waals surface area contributed by atoms with Gasteiger partial charge in [0.1, 0.15) is 44.9 Å². The number of pyridine rings is 2. The minimum atomic E-state index is -0.315. The Morgan fingerprint density at radius 3 is 1.48 bits per heavy atom. The van der Waals surface area contributed by atoms with E-state index in [9.17, 15) is 24.4 Å². The molecule has 2 aliphatic carbocycles. The van der Waals surface area contributed by atoms with Crippen LogP contribution in [0.4, 0.5) is 36.1 Å². The number of hydrogen-bond acceptors (Lipinski definition) is 16. The van der Waals surface area contributed by atoms with Gasteiger partial charge in [0, 0.05) is 110 Å². The molecule has 3 N–H and O–H groups in total. The number of β-amino-alcohol motifs (C(OH)–C–C–N with tert-alkyl or cyclic N) is 2. The average molecular weight is 1200 g/mol. The molecule has 0 bridgehead atoms. The number of fused-ring (bicyclic) bond motifs is 2. The van der Waals surface area contributed by atoms with E-state index in [-0.39, 0.29) is 23.8 Å². The molecule has 0 amide bonds. The summed E-state index contributed by atoms with van der Waals surface area (Å²) in [7, 11) is 3.97. The van der Waals surface area contributed by atoms with Gasteiger partial charge in [0.15, 0.2) is 10.3 Å². The van der Waals surface area contributed by atoms with E-state index in [2.05, 4.69) is 82.6 Å². The predicted octanol–water partition coefficient (Wildman–Crippen LogP) is 10.7. The molecular formula is C60H65BrF2N14O2S2. The second-order valence-corrected chi connectivity index (χ2v) is 25.3. The summed E-state index contributed by atoms with van der Waals surface area (Å²) >= 11 is 6.29. The lowest BCUT2D eigenvalue weighted by Gasteiger charge is -2.45. The fourth-order valence-electron chi connectivity index (χ4n) is 11.8. The third kappa shape index (κ3) is 11.4. The van der Waals surface area contributed by atoms with Gasteiger partial charge in [-0.15, -0.1) is 0 Å². The van der Waals surface area contributed by atoms with Crippen molar-refractivity contribution in [3.05, 3.63) is 121 Å². The molecule has 10 heterocycles. The van der Waals surface area contributed by atoms with E-state index in [1.165, 1.54) is 65.5 Å². The van der Waals surface area contributed by atoms with E-state index in [1.54, 1.807) is 24.3 Å². The molecule has 2 aromatic carbocycles. The molecule has 14 rings (SSSR count). The molecule has 21 heteroatoms. The van der Waals surface area contributed by atoms with Crippen LogP contribution in [0.2, 0.25) is 0 Å². The zero-order valence-electron chi connectivity index (χ0n) is 45.9. The topological polar surface area (TPSA) is 177 Å². The first-order valence-electron chi connectivity index (χ1n) is 28.0. The molecule has 0 atom stereocenters. The van der Waals surface area contributed by atoms with Crippen molar-refractivity contribution in [1.82, 2.24) is 44.3 Å². The van der Waals surface area contributed by atoms with Crippen LogP contribution in [-0.2, 0) is 0 Å². The van der Waals surface area contributed by atoms with Gasteiger partial charge in [0.2, 0.25) is 0 Å². The van der Waals surface area contributed by atoms with Crippen LogP contribution in [-0.4, -0.2) is 140 Å². The number of likely N-dealkylation sites (tertiary alicyclic amines) is 2. The van der Waals surface area contributed by atoms with Gasteiger partial charge in [-0.05, 0) is 151 Å². The highest BCUT2D eigenvalue weighted by atomic mass is 79.9. The van der Waals surface area contributed by atoms with Crippen LogP contribution in [0.25, 0.3) is 33.5 Å². The van der Waals surface area contributed by atoms with Crippen molar-refractivity contribution in [3.8, 4) is 34.7 Å². The number of hydrogen-bond donors (Lipinski definition) is 3. The standard InChI is InChI=1S/C30H32FN7OS.C22H17BrFN5S.C8H16N2O/c1-18-13-23(36-11-9-22(10-12-36)37-16-24(39)17-37)14-25-29(28(20-3-4-20)34-38(18)25)35(2)30-33-27(26(15-32)40-30)19-5-7-21(31)8-6-19;1-12-9-15(23)10-17-21(20(14-3-4-14)27-29(12)17)28(2)22-26-19(18(11-25)30-22)13-5-7-16(24)8-6-13;11-8-5-10(6-8)7-1-3-9-4-2-7/h5-8,13-14,20,22,24,39H,3-4,9-12,16-17H2,1-2H3;5-10,14H,3-4H2,1-2H3;7-9,11H,1-6H2. The average Bonchev–Trinajstić information content (AvgIpc) is 4.41. The molecule has 4 aliphatic heterocycles. The normalized spacial score (nSPS) is 18.4. The summed E-state index contributed by atoms with van der Waals surface area (Å²) in [5, 5.41) is 53.1. The monoisotopic (exact) mass is 1190 g/mol. The first-order chi connectivity index (χ1) is 39.2. The van der Waals surface area contributed by atoms with Crippen LogP contribution in [0, 0.1) is 48.1 Å². The Morgan fingerprint density at radius 2 is 1.05 bits per heavy atom. The lowest BCUT2D eigenvalue weighted by molar-refractivity contribution is -0.0314. The number of aliphatic hydroxyl groups excluding tert-OH is 2. The van der Waals surface area contributed by atoms with Crippen molar-refractivity contribution in [2.45, 2.75) is 101 Å². The Kier molecular flexibility index (Phi) is 15.7. The summed E-state index contributed by atoms with van der Waals surface area (Å²) in [4.78, 5) is 22.0. The number of rotatable bonds is 11. The van der Waals surface area contributed by atoms with Crippen molar-refractivity contribution < 1.29 is 19.0 Å². The van der Waals surface area contributed by atoms with Crippen molar-refractivity contribution in [2.75, 3.05) is 81.2 Å². The Hall–Kier alpha value is -6.40. The molecule has 2 saturated carbocycles. The van der Waals surface area contributed by atoms with E-state index in [1.807, 2.05) is 36.5 Å². The van der Waals surface area contributed by atoms with Gasteiger partial charge in [-0.25, -0.2) is 27.8 Å². The molecule has 420 valence electrons. The molecule has 0 spiro atoms. The summed E-state index contributed by atoms with van der Waals surface area (Å²) in [5.41, 5.74) is 12.2. The van der Waals surface area contributed by atoms with Gasteiger partial charge >= 0.3 is 0 Å². The molecular weight excluding hydrogens is 1130 g/mol. The first-order valence-corrected chi connectivity index (χ1v) is 30.5. The molecule has 0 radical (unpaired) electrons. The highest BCUT2D eigenvalue weighted by molar-refractivity contribution is 9.10. The van der Waals surface area contributed by atoms with E-state index in [0.29, 0.717) is 49.3 Å². The quantitative estimate of drug-likeness (QED) is 0.111. The summed E-state index contributed by atoms with van der Waals surface area (Å²) < 4.78 is 31.9. The number of nitriles is 2. The molecule has 6 aromatic heterocycles. The zero-order chi connectivity index (χ0) is 56.2. The van der Waals surface area contributed by atoms with Crippen LogP contribution >= 0.6 is 38.6 Å². The van der Waals surface area contributed by atoms with Crippen LogP contribution in [0.3, 0.4) is 0 Å². The van der Waals surface area contributed by atoms with E-state index in [0.717, 1.165) is 158 Å². The number of nitrogens with one attached hydrogen (secondary N) is 1. The minimum absolute atomic E-state index is 0.0371. The number of nitrogens with zero attached hydrogens (tertiary/aromatic N) is 13. The Balaban J connectivity index is 0.000000139. The maximum atomic E-state index is 13.6. The number of aryl methyl sites for hydroxylation is 2. The number of aromatic nitrogens is 6. The number of anilines is 5.